The molecule has 88 valence electrons. The maximum Gasteiger partial charge on any atom is 0.305 e. The molecule has 0 aromatic rings. The summed E-state index contributed by atoms with van der Waals surface area (Å²) in [6.45, 7) is 6.19. The van der Waals surface area contributed by atoms with Crippen molar-refractivity contribution >= 4 is 5.97 Å². The second kappa shape index (κ2) is 4.49. The van der Waals surface area contributed by atoms with E-state index < -0.39 is 5.97 Å². The molecule has 0 spiro atoms. The zero-order chi connectivity index (χ0) is 11.6. The summed E-state index contributed by atoms with van der Waals surface area (Å²) in [6.07, 6.45) is 1.19. The molecule has 1 aliphatic rings. The Kier molecular flexibility index (Phi) is 3.73. The molecule has 0 aromatic heterocycles. The first kappa shape index (κ1) is 12.5. The Hall–Kier alpha value is -0.610. The quantitative estimate of drug-likeness (QED) is 0.754. The fourth-order valence-electron chi connectivity index (χ4n) is 2.28. The van der Waals surface area contributed by atoms with Crippen molar-refractivity contribution in [2.24, 2.45) is 0 Å². The predicted octanol–water partition coefficient (Wildman–Crippen LogP) is 0.876. The van der Waals surface area contributed by atoms with Gasteiger partial charge in [-0.2, -0.15) is 0 Å². The van der Waals surface area contributed by atoms with Crippen LogP contribution in [0.1, 0.15) is 26.7 Å². The van der Waals surface area contributed by atoms with E-state index in [0.29, 0.717) is 6.04 Å². The molecule has 0 radical (unpaired) electrons. The van der Waals surface area contributed by atoms with Crippen LogP contribution in [0.15, 0.2) is 0 Å². The first-order chi connectivity index (χ1) is 6.87. The summed E-state index contributed by atoms with van der Waals surface area (Å²) in [6, 6.07) is 0.501. The Morgan fingerprint density at radius 3 is 2.47 bits per heavy atom. The van der Waals surface area contributed by atoms with Gasteiger partial charge in [-0.25, -0.2) is 0 Å². The van der Waals surface area contributed by atoms with Gasteiger partial charge in [-0.15, -0.1) is 0 Å². The van der Waals surface area contributed by atoms with Gasteiger partial charge in [0, 0.05) is 24.7 Å². The van der Waals surface area contributed by atoms with Crippen molar-refractivity contribution in [3.05, 3.63) is 0 Å². The van der Waals surface area contributed by atoms with Gasteiger partial charge in [-0.3, -0.25) is 9.69 Å². The third kappa shape index (κ3) is 2.69. The summed E-state index contributed by atoms with van der Waals surface area (Å²) in [7, 11) is 3.96. The molecule has 0 saturated carbocycles. The van der Waals surface area contributed by atoms with E-state index in [4.69, 9.17) is 5.11 Å². The van der Waals surface area contributed by atoms with Crippen LogP contribution >= 0.6 is 0 Å². The van der Waals surface area contributed by atoms with Crippen molar-refractivity contribution in [2.75, 3.05) is 27.2 Å². The molecule has 1 rings (SSSR count). The molecule has 0 aliphatic carbocycles. The number of carbonyl (C=O) groups is 1. The largest absolute Gasteiger partial charge is 0.481 e. The molecule has 1 N–H and O–H groups in total. The molecule has 4 nitrogen and oxygen atoms in total. The summed E-state index contributed by atoms with van der Waals surface area (Å²) < 4.78 is 0. The molecular weight excluding hydrogens is 192 g/mol. The topological polar surface area (TPSA) is 43.8 Å². The molecule has 1 fully saturated rings. The molecule has 15 heavy (non-hydrogen) atoms. The molecule has 0 bridgehead atoms. The molecule has 1 aliphatic heterocycles. The summed E-state index contributed by atoms with van der Waals surface area (Å²) in [4.78, 5) is 15.3. The smallest absolute Gasteiger partial charge is 0.305 e. The molecule has 0 amide bonds. The monoisotopic (exact) mass is 214 g/mol. The number of likely N-dealkylation sites (tertiary alicyclic amines) is 1. The van der Waals surface area contributed by atoms with Crippen LogP contribution in [0.2, 0.25) is 0 Å². The zero-order valence-electron chi connectivity index (χ0n) is 10.2. The minimum absolute atomic E-state index is 0.171. The molecule has 1 atom stereocenters. The van der Waals surface area contributed by atoms with Crippen LogP contribution < -0.4 is 0 Å². The zero-order valence-corrected chi connectivity index (χ0v) is 10.2. The minimum Gasteiger partial charge on any atom is -0.481 e. The predicted molar refractivity (Wildman–Crippen MR) is 60.0 cm³/mol. The van der Waals surface area contributed by atoms with Crippen LogP contribution in [0.25, 0.3) is 0 Å². The first-order valence-corrected chi connectivity index (χ1v) is 5.51. The maximum absolute atomic E-state index is 10.9. The van der Waals surface area contributed by atoms with Gasteiger partial charge in [-0.05, 0) is 34.4 Å². The second-order valence-electron chi connectivity index (χ2n) is 5.00. The Bertz CT molecular complexity index is 241. The fourth-order valence-corrected chi connectivity index (χ4v) is 2.28. The van der Waals surface area contributed by atoms with Crippen LogP contribution in [0.3, 0.4) is 0 Å². The average molecular weight is 214 g/mol. The van der Waals surface area contributed by atoms with Crippen LogP contribution in [-0.2, 0) is 4.79 Å². The number of hydrogen-bond donors (Lipinski definition) is 1. The van der Waals surface area contributed by atoms with Crippen LogP contribution in [0, 0.1) is 0 Å². The summed E-state index contributed by atoms with van der Waals surface area (Å²) in [5, 5.41) is 8.97. The minimum atomic E-state index is -0.700. The van der Waals surface area contributed by atoms with Gasteiger partial charge in [0.05, 0.1) is 6.42 Å². The van der Waals surface area contributed by atoms with Crippen LogP contribution in [0.5, 0.6) is 0 Å². The molecule has 0 aromatic carbocycles. The molecule has 1 heterocycles. The lowest BCUT2D eigenvalue weighted by Crippen LogP contribution is -2.48. The van der Waals surface area contributed by atoms with E-state index in [1.54, 1.807) is 0 Å². The maximum atomic E-state index is 10.9. The summed E-state index contributed by atoms with van der Waals surface area (Å²) in [5.41, 5.74) is -0.171. The SMILES string of the molecule is CC(C)N1CCC(CC(=O)O)(N(C)C)C1. The Morgan fingerprint density at radius 2 is 2.13 bits per heavy atom. The highest BCUT2D eigenvalue weighted by Crippen LogP contribution is 2.30. The van der Waals surface area contributed by atoms with Crippen molar-refractivity contribution in [2.45, 2.75) is 38.3 Å². The number of carboxylic acids is 1. The van der Waals surface area contributed by atoms with Gasteiger partial charge >= 0.3 is 5.97 Å². The number of rotatable bonds is 4. The number of likely N-dealkylation sites (N-methyl/N-ethyl adjacent to an activating group) is 1. The Morgan fingerprint density at radius 1 is 1.53 bits per heavy atom. The lowest BCUT2D eigenvalue weighted by molar-refractivity contribution is -0.139. The number of carboxylic acid groups (broad SMARTS) is 1. The van der Waals surface area contributed by atoms with Gasteiger partial charge in [-0.1, -0.05) is 0 Å². The van der Waals surface area contributed by atoms with Crippen LogP contribution in [-0.4, -0.2) is 59.6 Å². The van der Waals surface area contributed by atoms with E-state index in [9.17, 15) is 4.79 Å². The van der Waals surface area contributed by atoms with E-state index in [1.165, 1.54) is 0 Å². The van der Waals surface area contributed by atoms with Crippen LogP contribution in [0.4, 0.5) is 0 Å². The highest BCUT2D eigenvalue weighted by molar-refractivity contribution is 5.68. The summed E-state index contributed by atoms with van der Waals surface area (Å²) in [5.74, 6) is -0.700. The second-order valence-corrected chi connectivity index (χ2v) is 5.00. The molecular formula is C11H22N2O2. The van der Waals surface area contributed by atoms with Gasteiger partial charge < -0.3 is 10.0 Å². The van der Waals surface area contributed by atoms with Crippen molar-refractivity contribution in [3.8, 4) is 0 Å². The van der Waals surface area contributed by atoms with Gasteiger partial charge in [0.2, 0.25) is 0 Å². The van der Waals surface area contributed by atoms with Crippen molar-refractivity contribution < 1.29 is 9.90 Å². The van der Waals surface area contributed by atoms with E-state index in [1.807, 2.05) is 14.1 Å². The molecule has 4 heteroatoms. The van der Waals surface area contributed by atoms with E-state index >= 15 is 0 Å². The Labute approximate surface area is 91.9 Å². The summed E-state index contributed by atoms with van der Waals surface area (Å²) >= 11 is 0. The highest BCUT2D eigenvalue weighted by atomic mass is 16.4. The van der Waals surface area contributed by atoms with E-state index in [0.717, 1.165) is 19.5 Å². The number of nitrogens with zero attached hydrogens (tertiary/aromatic N) is 2. The third-order valence-corrected chi connectivity index (χ3v) is 3.52. The standard InChI is InChI=1S/C11H22N2O2/c1-9(2)13-6-5-11(8-13,12(3)4)7-10(14)15/h9H,5-8H2,1-4H3,(H,14,15). The lowest BCUT2D eigenvalue weighted by Gasteiger charge is -2.35. The van der Waals surface area contributed by atoms with E-state index in [2.05, 4.69) is 23.6 Å². The highest BCUT2D eigenvalue weighted by Gasteiger charge is 2.42. The normalized spacial score (nSPS) is 27.9. The van der Waals surface area contributed by atoms with Crippen molar-refractivity contribution in [1.29, 1.82) is 0 Å². The number of hydrogen-bond acceptors (Lipinski definition) is 3. The van der Waals surface area contributed by atoms with Crippen molar-refractivity contribution in [1.82, 2.24) is 9.80 Å². The fraction of sp³-hybridized carbons (Fsp3) is 0.909. The average Bonchev–Trinajstić information content (AvgIpc) is 2.48. The van der Waals surface area contributed by atoms with E-state index in [-0.39, 0.29) is 12.0 Å². The third-order valence-electron chi connectivity index (χ3n) is 3.52. The molecule has 1 saturated heterocycles. The van der Waals surface area contributed by atoms with Gasteiger partial charge in [0.1, 0.15) is 0 Å². The van der Waals surface area contributed by atoms with Gasteiger partial charge in [0.25, 0.3) is 0 Å². The number of aliphatic carboxylic acids is 1. The van der Waals surface area contributed by atoms with Crippen molar-refractivity contribution in [3.63, 3.8) is 0 Å². The lowest BCUT2D eigenvalue weighted by atomic mass is 9.93. The Balaban J connectivity index is 2.73. The molecule has 1 unspecified atom stereocenters. The first-order valence-electron chi connectivity index (χ1n) is 5.51. The van der Waals surface area contributed by atoms with Gasteiger partial charge in [0.15, 0.2) is 0 Å².